The van der Waals surface area contributed by atoms with Crippen LogP contribution in [0.25, 0.3) is 0 Å². The molecule has 0 unspecified atom stereocenters. The molecule has 1 fully saturated rings. The number of carbonyl (C=O) groups excluding carboxylic acids is 2. The number of aliphatic imine (C=N–C) groups is 1. The summed E-state index contributed by atoms with van der Waals surface area (Å²) < 4.78 is 0. The Balaban J connectivity index is 1.72. The third-order valence-electron chi connectivity index (χ3n) is 5.23. The van der Waals surface area contributed by atoms with E-state index in [1.54, 1.807) is 23.2 Å². The topological polar surface area (TPSA) is 98.5 Å². The maximum Gasteiger partial charge on any atom is 0.258 e. The van der Waals surface area contributed by atoms with Crippen LogP contribution in [0.2, 0.25) is 0 Å². The van der Waals surface area contributed by atoms with Gasteiger partial charge in [0, 0.05) is 31.9 Å². The van der Waals surface area contributed by atoms with Gasteiger partial charge in [-0.15, -0.1) is 0 Å². The van der Waals surface area contributed by atoms with Crippen LogP contribution >= 0.6 is 0 Å². The Labute approximate surface area is 176 Å². The maximum atomic E-state index is 12.7. The van der Waals surface area contributed by atoms with E-state index in [-0.39, 0.29) is 18.2 Å². The number of amides is 2. The van der Waals surface area contributed by atoms with E-state index in [1.165, 1.54) is 6.20 Å². The lowest BCUT2D eigenvalue weighted by atomic mass is 9.92. The van der Waals surface area contributed by atoms with Gasteiger partial charge in [0.2, 0.25) is 5.91 Å². The van der Waals surface area contributed by atoms with Crippen molar-refractivity contribution in [3.8, 4) is 6.07 Å². The van der Waals surface area contributed by atoms with Crippen LogP contribution in [0.5, 0.6) is 0 Å². The zero-order valence-electron chi connectivity index (χ0n) is 17.0. The highest BCUT2D eigenvalue weighted by Crippen LogP contribution is 2.24. The molecule has 7 nitrogen and oxygen atoms in total. The fourth-order valence-electron chi connectivity index (χ4n) is 3.50. The normalized spacial score (nSPS) is 14.8. The van der Waals surface area contributed by atoms with Crippen molar-refractivity contribution >= 4 is 23.3 Å². The largest absolute Gasteiger partial charge is 0.342 e. The van der Waals surface area contributed by atoms with Crippen LogP contribution < -0.4 is 5.32 Å². The van der Waals surface area contributed by atoms with E-state index in [0.717, 1.165) is 24.1 Å². The van der Waals surface area contributed by atoms with E-state index in [2.05, 4.69) is 10.3 Å². The number of nitrogens with one attached hydrogen (secondary N) is 1. The Morgan fingerprint density at radius 3 is 2.67 bits per heavy atom. The summed E-state index contributed by atoms with van der Waals surface area (Å²) in [5.74, 6) is 0.555. The molecule has 3 rings (SSSR count). The first-order chi connectivity index (χ1) is 14.6. The second-order valence-corrected chi connectivity index (χ2v) is 7.40. The van der Waals surface area contributed by atoms with E-state index in [1.807, 2.05) is 37.3 Å². The van der Waals surface area contributed by atoms with Gasteiger partial charge in [-0.3, -0.25) is 14.6 Å². The molecule has 0 saturated carbocycles. The number of benzene rings is 1. The molecular formula is C23H25N5O2. The van der Waals surface area contributed by atoms with Gasteiger partial charge in [0.15, 0.2) is 0 Å². The summed E-state index contributed by atoms with van der Waals surface area (Å²) >= 11 is 0. The number of rotatable bonds is 5. The molecule has 0 bridgehead atoms. The van der Waals surface area contributed by atoms with Gasteiger partial charge in [-0.05, 0) is 49.4 Å². The molecular weight excluding hydrogens is 378 g/mol. The van der Waals surface area contributed by atoms with Crippen molar-refractivity contribution in [2.45, 2.75) is 32.6 Å². The molecule has 1 aromatic heterocycles. The molecule has 2 amide bonds. The van der Waals surface area contributed by atoms with Crippen LogP contribution in [0.15, 0.2) is 53.8 Å². The van der Waals surface area contributed by atoms with Crippen LogP contribution in [0.1, 0.15) is 41.6 Å². The van der Waals surface area contributed by atoms with Gasteiger partial charge in [0.1, 0.15) is 12.3 Å². The number of aryl methyl sites for hydroxylation is 1. The number of para-hydroxylation sites is 1. The zero-order valence-corrected chi connectivity index (χ0v) is 17.0. The van der Waals surface area contributed by atoms with Crippen LogP contribution in [0, 0.1) is 24.2 Å². The summed E-state index contributed by atoms with van der Waals surface area (Å²) in [6.07, 6.45) is 5.31. The molecule has 1 N–H and O–H groups in total. The quantitative estimate of drug-likeness (QED) is 0.611. The van der Waals surface area contributed by atoms with Crippen molar-refractivity contribution in [3.05, 3.63) is 59.9 Å². The Morgan fingerprint density at radius 1 is 1.23 bits per heavy atom. The Hall–Kier alpha value is -3.53. The Morgan fingerprint density at radius 2 is 2.00 bits per heavy atom. The van der Waals surface area contributed by atoms with Gasteiger partial charge in [0.05, 0.1) is 17.3 Å². The van der Waals surface area contributed by atoms with Gasteiger partial charge < -0.3 is 10.2 Å². The number of pyridine rings is 1. The molecule has 1 aliphatic heterocycles. The molecule has 7 heteroatoms. The minimum atomic E-state index is -0.239. The molecule has 0 aliphatic carbocycles. The molecule has 1 saturated heterocycles. The van der Waals surface area contributed by atoms with E-state index < -0.39 is 0 Å². The second-order valence-electron chi connectivity index (χ2n) is 7.40. The first kappa shape index (κ1) is 21.2. The number of aromatic nitrogens is 1. The van der Waals surface area contributed by atoms with Gasteiger partial charge in [-0.25, -0.2) is 4.99 Å². The lowest BCUT2D eigenvalue weighted by Gasteiger charge is -2.31. The zero-order chi connectivity index (χ0) is 21.3. The SMILES string of the molecule is Cc1ccccc1N=C(CC1CCN(C(=O)CC#N)CC1)NC(=O)c1cccnc1. The van der Waals surface area contributed by atoms with E-state index >= 15 is 0 Å². The van der Waals surface area contributed by atoms with E-state index in [0.29, 0.717) is 36.8 Å². The van der Waals surface area contributed by atoms with Crippen LogP contribution in [-0.2, 0) is 4.79 Å². The summed E-state index contributed by atoms with van der Waals surface area (Å²) in [7, 11) is 0. The molecule has 154 valence electrons. The first-order valence-electron chi connectivity index (χ1n) is 10.1. The van der Waals surface area contributed by atoms with Gasteiger partial charge in [0.25, 0.3) is 5.91 Å². The predicted octanol–water partition coefficient (Wildman–Crippen LogP) is 3.39. The van der Waals surface area contributed by atoms with Gasteiger partial charge >= 0.3 is 0 Å². The summed E-state index contributed by atoms with van der Waals surface area (Å²) in [6, 6.07) is 13.1. The van der Waals surface area contributed by atoms with Crippen molar-refractivity contribution < 1.29 is 9.59 Å². The van der Waals surface area contributed by atoms with Crippen molar-refractivity contribution in [3.63, 3.8) is 0 Å². The lowest BCUT2D eigenvalue weighted by molar-refractivity contribution is -0.131. The Bertz CT molecular complexity index is 957. The van der Waals surface area contributed by atoms with Gasteiger partial charge in [-0.1, -0.05) is 18.2 Å². The number of piperidine rings is 1. The Kier molecular flexibility index (Phi) is 7.28. The standard InChI is InChI=1S/C23H25N5O2/c1-17-5-2-3-7-20(17)26-21(27-23(30)19-6-4-12-25-16-19)15-18-9-13-28(14-10-18)22(29)8-11-24/h2-7,12,16,18H,8-10,13-15H2,1H3,(H,26,27,30). The highest BCUT2D eigenvalue weighted by Gasteiger charge is 2.24. The van der Waals surface area contributed by atoms with Crippen molar-refractivity contribution in [1.29, 1.82) is 5.26 Å². The molecule has 0 spiro atoms. The average molecular weight is 403 g/mol. The molecule has 1 aliphatic rings. The number of likely N-dealkylation sites (tertiary alicyclic amines) is 1. The van der Waals surface area contributed by atoms with Crippen LogP contribution in [0.3, 0.4) is 0 Å². The van der Waals surface area contributed by atoms with Crippen molar-refractivity contribution in [1.82, 2.24) is 15.2 Å². The van der Waals surface area contributed by atoms with E-state index in [9.17, 15) is 9.59 Å². The number of hydrogen-bond donors (Lipinski definition) is 1. The summed E-state index contributed by atoms with van der Waals surface area (Å²) in [6.45, 7) is 3.23. The summed E-state index contributed by atoms with van der Waals surface area (Å²) in [4.78, 5) is 35.1. The molecule has 0 atom stereocenters. The maximum absolute atomic E-state index is 12.7. The molecule has 2 heterocycles. The average Bonchev–Trinajstić information content (AvgIpc) is 2.76. The number of hydrogen-bond acceptors (Lipinski definition) is 5. The summed E-state index contributed by atoms with van der Waals surface area (Å²) in [5.41, 5.74) is 2.33. The monoisotopic (exact) mass is 403 g/mol. The first-order valence-corrected chi connectivity index (χ1v) is 10.1. The molecule has 2 aromatic rings. The number of nitrogens with zero attached hydrogens (tertiary/aromatic N) is 4. The third kappa shape index (κ3) is 5.74. The minimum absolute atomic E-state index is 0.0776. The molecule has 1 aromatic carbocycles. The lowest BCUT2D eigenvalue weighted by Crippen LogP contribution is -2.40. The summed E-state index contributed by atoms with van der Waals surface area (Å²) in [5, 5.41) is 11.7. The van der Waals surface area contributed by atoms with E-state index in [4.69, 9.17) is 10.3 Å². The molecule has 0 radical (unpaired) electrons. The third-order valence-corrected chi connectivity index (χ3v) is 5.23. The number of amidine groups is 1. The number of carbonyl (C=O) groups is 2. The second kappa shape index (κ2) is 10.3. The smallest absolute Gasteiger partial charge is 0.258 e. The fraction of sp³-hybridized carbons (Fsp3) is 0.348. The van der Waals surface area contributed by atoms with Gasteiger partial charge in [-0.2, -0.15) is 5.26 Å². The predicted molar refractivity (Wildman–Crippen MR) is 114 cm³/mol. The molecule has 30 heavy (non-hydrogen) atoms. The van der Waals surface area contributed by atoms with Crippen LogP contribution in [0.4, 0.5) is 5.69 Å². The minimum Gasteiger partial charge on any atom is -0.342 e. The number of nitriles is 1. The highest BCUT2D eigenvalue weighted by molar-refractivity contribution is 6.06. The van der Waals surface area contributed by atoms with Crippen LogP contribution in [-0.4, -0.2) is 40.6 Å². The highest BCUT2D eigenvalue weighted by atomic mass is 16.2. The van der Waals surface area contributed by atoms with Crippen molar-refractivity contribution in [2.75, 3.05) is 13.1 Å². The fourth-order valence-corrected chi connectivity index (χ4v) is 3.50. The van der Waals surface area contributed by atoms with Crippen molar-refractivity contribution in [2.24, 2.45) is 10.9 Å².